The van der Waals surface area contributed by atoms with E-state index < -0.39 is 0 Å². The largest absolute Gasteiger partial charge is 0.310 e. The summed E-state index contributed by atoms with van der Waals surface area (Å²) in [5.41, 5.74) is 1.40. The monoisotopic (exact) mass is 249 g/mol. The lowest BCUT2D eigenvalue weighted by Crippen LogP contribution is -2.19. The van der Waals surface area contributed by atoms with Crippen molar-refractivity contribution in [2.45, 2.75) is 44.0 Å². The maximum atomic E-state index is 3.52. The molecule has 1 atom stereocenters. The van der Waals surface area contributed by atoms with Crippen molar-refractivity contribution in [3.8, 4) is 0 Å². The van der Waals surface area contributed by atoms with Gasteiger partial charge in [0.25, 0.3) is 0 Å². The van der Waals surface area contributed by atoms with Gasteiger partial charge in [-0.15, -0.1) is 11.8 Å². The zero-order valence-electron chi connectivity index (χ0n) is 10.9. The van der Waals surface area contributed by atoms with Crippen LogP contribution in [0.1, 0.15) is 44.7 Å². The molecule has 2 rings (SSSR count). The van der Waals surface area contributed by atoms with Crippen molar-refractivity contribution in [1.29, 1.82) is 0 Å². The lowest BCUT2D eigenvalue weighted by molar-refractivity contribution is 0.570. The topological polar surface area (TPSA) is 12.0 Å². The van der Waals surface area contributed by atoms with Crippen LogP contribution in [0.4, 0.5) is 0 Å². The van der Waals surface area contributed by atoms with E-state index in [0.29, 0.717) is 6.04 Å². The van der Waals surface area contributed by atoms with Gasteiger partial charge in [0.15, 0.2) is 0 Å². The minimum atomic E-state index is 0.470. The summed E-state index contributed by atoms with van der Waals surface area (Å²) in [5.74, 6) is 2.31. The van der Waals surface area contributed by atoms with Crippen molar-refractivity contribution in [3.05, 3.63) is 29.8 Å². The number of rotatable bonds is 7. The lowest BCUT2D eigenvalue weighted by Gasteiger charge is -2.13. The van der Waals surface area contributed by atoms with E-state index in [9.17, 15) is 0 Å². The van der Waals surface area contributed by atoms with Crippen LogP contribution in [0.5, 0.6) is 0 Å². The second-order valence-electron chi connectivity index (χ2n) is 5.00. The predicted molar refractivity (Wildman–Crippen MR) is 76.6 cm³/mol. The van der Waals surface area contributed by atoms with Crippen LogP contribution in [-0.2, 0) is 0 Å². The first-order chi connectivity index (χ1) is 8.29. The molecule has 0 heterocycles. The summed E-state index contributed by atoms with van der Waals surface area (Å²) < 4.78 is 0. The molecule has 0 amide bonds. The molecule has 1 nitrogen and oxygen atoms in total. The molecule has 1 saturated carbocycles. The maximum absolute atomic E-state index is 3.52. The summed E-state index contributed by atoms with van der Waals surface area (Å²) in [6.45, 7) is 5.54. The van der Waals surface area contributed by atoms with Crippen LogP contribution in [0, 0.1) is 5.92 Å². The SMILES string of the molecule is CCCNC(C)c1ccc(SCC2CC2)cc1. The molecule has 1 aliphatic rings. The second-order valence-corrected chi connectivity index (χ2v) is 6.09. The van der Waals surface area contributed by atoms with Crippen molar-refractivity contribution in [1.82, 2.24) is 5.32 Å². The summed E-state index contributed by atoms with van der Waals surface area (Å²) in [7, 11) is 0. The van der Waals surface area contributed by atoms with Crippen LogP contribution >= 0.6 is 11.8 Å². The maximum Gasteiger partial charge on any atom is 0.0291 e. The summed E-state index contributed by atoms with van der Waals surface area (Å²) in [4.78, 5) is 1.42. The van der Waals surface area contributed by atoms with E-state index in [2.05, 4.69) is 43.4 Å². The molecule has 1 aromatic carbocycles. The summed E-state index contributed by atoms with van der Waals surface area (Å²) in [6.07, 6.45) is 4.09. The molecule has 0 aromatic heterocycles. The molecule has 1 fully saturated rings. The van der Waals surface area contributed by atoms with Crippen LogP contribution in [0.2, 0.25) is 0 Å². The lowest BCUT2D eigenvalue weighted by atomic mass is 10.1. The first-order valence-corrected chi connectivity index (χ1v) is 7.74. The zero-order chi connectivity index (χ0) is 12.1. The van der Waals surface area contributed by atoms with E-state index in [-0.39, 0.29) is 0 Å². The van der Waals surface area contributed by atoms with Crippen molar-refractivity contribution in [2.24, 2.45) is 5.92 Å². The van der Waals surface area contributed by atoms with E-state index in [4.69, 9.17) is 0 Å². The molecule has 1 aromatic rings. The molecular formula is C15H23NS. The van der Waals surface area contributed by atoms with Crippen molar-refractivity contribution >= 4 is 11.8 Å². The molecule has 0 aliphatic heterocycles. The molecule has 0 radical (unpaired) electrons. The first-order valence-electron chi connectivity index (χ1n) is 6.75. The van der Waals surface area contributed by atoms with Crippen molar-refractivity contribution < 1.29 is 0 Å². The van der Waals surface area contributed by atoms with E-state index in [0.717, 1.165) is 12.5 Å². The third-order valence-corrected chi connectivity index (χ3v) is 4.51. The Morgan fingerprint density at radius 3 is 2.59 bits per heavy atom. The summed E-state index contributed by atoms with van der Waals surface area (Å²) in [6, 6.07) is 9.54. The molecule has 0 spiro atoms. The average molecular weight is 249 g/mol. The first kappa shape index (κ1) is 13.0. The van der Waals surface area contributed by atoms with Gasteiger partial charge in [0.1, 0.15) is 0 Å². The van der Waals surface area contributed by atoms with E-state index in [1.54, 1.807) is 0 Å². The number of nitrogens with one attached hydrogen (secondary N) is 1. The molecular weight excluding hydrogens is 226 g/mol. The van der Waals surface area contributed by atoms with Gasteiger partial charge >= 0.3 is 0 Å². The van der Waals surface area contributed by atoms with Gasteiger partial charge in [-0.1, -0.05) is 19.1 Å². The Labute approximate surface area is 109 Å². The predicted octanol–water partition coefficient (Wildman–Crippen LogP) is 4.25. The van der Waals surface area contributed by atoms with Crippen LogP contribution in [0.25, 0.3) is 0 Å². The fourth-order valence-corrected chi connectivity index (χ4v) is 2.92. The molecule has 94 valence electrons. The van der Waals surface area contributed by atoms with Gasteiger partial charge in [-0.3, -0.25) is 0 Å². The van der Waals surface area contributed by atoms with Gasteiger partial charge < -0.3 is 5.32 Å². The van der Waals surface area contributed by atoms with Gasteiger partial charge in [-0.05, 0) is 56.3 Å². The Hall–Kier alpha value is -0.470. The summed E-state index contributed by atoms with van der Waals surface area (Å²) >= 11 is 2.01. The average Bonchev–Trinajstić information content (AvgIpc) is 3.18. The van der Waals surface area contributed by atoms with Gasteiger partial charge in [-0.25, -0.2) is 0 Å². The minimum absolute atomic E-state index is 0.470. The van der Waals surface area contributed by atoms with Gasteiger partial charge in [0, 0.05) is 16.7 Å². The number of benzene rings is 1. The second kappa shape index (κ2) is 6.46. The highest BCUT2D eigenvalue weighted by Gasteiger charge is 2.20. The molecule has 1 aliphatic carbocycles. The molecule has 1 N–H and O–H groups in total. The van der Waals surface area contributed by atoms with Crippen LogP contribution in [-0.4, -0.2) is 12.3 Å². The van der Waals surface area contributed by atoms with Crippen molar-refractivity contribution in [3.63, 3.8) is 0 Å². The van der Waals surface area contributed by atoms with E-state index >= 15 is 0 Å². The molecule has 1 unspecified atom stereocenters. The van der Waals surface area contributed by atoms with E-state index in [1.807, 2.05) is 11.8 Å². The fraction of sp³-hybridized carbons (Fsp3) is 0.600. The van der Waals surface area contributed by atoms with Crippen LogP contribution in [0.3, 0.4) is 0 Å². The number of thioether (sulfide) groups is 1. The standard InChI is InChI=1S/C15H23NS/c1-3-10-16-12(2)14-6-8-15(9-7-14)17-11-13-4-5-13/h6-9,12-13,16H,3-5,10-11H2,1-2H3. The Morgan fingerprint density at radius 1 is 1.29 bits per heavy atom. The van der Waals surface area contributed by atoms with E-state index in [1.165, 1.54) is 35.5 Å². The highest BCUT2D eigenvalue weighted by Crippen LogP contribution is 2.35. The third-order valence-electron chi connectivity index (χ3n) is 3.26. The smallest absolute Gasteiger partial charge is 0.0291 e. The highest BCUT2D eigenvalue weighted by atomic mass is 32.2. The molecule has 2 heteroatoms. The molecule has 0 saturated heterocycles. The van der Waals surface area contributed by atoms with Crippen LogP contribution < -0.4 is 5.32 Å². The number of hydrogen-bond donors (Lipinski definition) is 1. The van der Waals surface area contributed by atoms with Crippen LogP contribution in [0.15, 0.2) is 29.2 Å². The van der Waals surface area contributed by atoms with Gasteiger partial charge in [-0.2, -0.15) is 0 Å². The normalized spacial score (nSPS) is 17.1. The Morgan fingerprint density at radius 2 is 2.00 bits per heavy atom. The van der Waals surface area contributed by atoms with Crippen molar-refractivity contribution in [2.75, 3.05) is 12.3 Å². The Bertz CT molecular complexity index is 329. The molecule has 0 bridgehead atoms. The van der Waals surface area contributed by atoms with Gasteiger partial charge in [0.2, 0.25) is 0 Å². The Kier molecular flexibility index (Phi) is 4.93. The Balaban J connectivity index is 1.82. The minimum Gasteiger partial charge on any atom is -0.310 e. The zero-order valence-corrected chi connectivity index (χ0v) is 11.7. The molecule has 17 heavy (non-hydrogen) atoms. The number of hydrogen-bond acceptors (Lipinski definition) is 2. The fourth-order valence-electron chi connectivity index (χ4n) is 1.83. The highest BCUT2D eigenvalue weighted by molar-refractivity contribution is 7.99. The summed E-state index contributed by atoms with van der Waals surface area (Å²) in [5, 5.41) is 3.52. The quantitative estimate of drug-likeness (QED) is 0.725. The third kappa shape index (κ3) is 4.36. The van der Waals surface area contributed by atoms with Gasteiger partial charge in [0.05, 0.1) is 0 Å².